The molecule has 0 aromatic carbocycles. The predicted molar refractivity (Wildman–Crippen MR) is 51.3 cm³/mol. The third-order valence-electron chi connectivity index (χ3n) is 2.09. The van der Waals surface area contributed by atoms with Crippen molar-refractivity contribution < 1.29 is 0 Å². The first-order valence-electron chi connectivity index (χ1n) is 3.97. The molecule has 2 aromatic heterocycles. The van der Waals surface area contributed by atoms with E-state index in [0.29, 0.717) is 17.2 Å². The van der Waals surface area contributed by atoms with Crippen LogP contribution in [-0.2, 0) is 0 Å². The van der Waals surface area contributed by atoms with Crippen LogP contribution in [0.3, 0.4) is 0 Å². The Morgan fingerprint density at radius 1 is 1.31 bits per heavy atom. The molecule has 0 spiro atoms. The van der Waals surface area contributed by atoms with Crippen molar-refractivity contribution in [3.8, 4) is 0 Å². The Morgan fingerprint density at radius 3 is 2.69 bits per heavy atom. The molecule has 0 fully saturated rings. The quantitative estimate of drug-likeness (QED) is 0.614. The van der Waals surface area contributed by atoms with E-state index in [-0.39, 0.29) is 0 Å². The molecular weight excluding hydrogens is 166 g/mol. The van der Waals surface area contributed by atoms with Crippen molar-refractivity contribution >= 4 is 17.2 Å². The Hall–Kier alpha value is -1.78. The molecule has 4 N–H and O–H groups in total. The maximum Gasteiger partial charge on any atom is 0.180 e. The SMILES string of the molecule is Cc1cnc2c(N)c(C)nn2c1N. The minimum atomic E-state index is 0.588. The van der Waals surface area contributed by atoms with E-state index in [1.165, 1.54) is 0 Å². The second-order valence-electron chi connectivity index (χ2n) is 3.06. The lowest BCUT2D eigenvalue weighted by Gasteiger charge is -2.00. The van der Waals surface area contributed by atoms with Crippen LogP contribution in [0.5, 0.6) is 0 Å². The number of aromatic nitrogens is 3. The summed E-state index contributed by atoms with van der Waals surface area (Å²) in [5.41, 5.74) is 14.4. The smallest absolute Gasteiger partial charge is 0.180 e. The number of nitrogens with two attached hydrogens (primary N) is 2. The zero-order chi connectivity index (χ0) is 9.59. The van der Waals surface area contributed by atoms with Crippen LogP contribution < -0.4 is 11.5 Å². The van der Waals surface area contributed by atoms with Gasteiger partial charge in [0, 0.05) is 11.8 Å². The van der Waals surface area contributed by atoms with Gasteiger partial charge in [-0.2, -0.15) is 9.61 Å². The molecule has 0 amide bonds. The van der Waals surface area contributed by atoms with Crippen LogP contribution in [0.1, 0.15) is 11.3 Å². The molecule has 0 unspecified atom stereocenters. The molecule has 0 saturated carbocycles. The Balaban J connectivity index is 2.94. The van der Waals surface area contributed by atoms with E-state index >= 15 is 0 Å². The van der Waals surface area contributed by atoms with Crippen LogP contribution in [0, 0.1) is 13.8 Å². The fraction of sp³-hybridized carbons (Fsp3) is 0.250. The third-order valence-corrected chi connectivity index (χ3v) is 2.09. The van der Waals surface area contributed by atoms with Gasteiger partial charge in [-0.15, -0.1) is 0 Å². The summed E-state index contributed by atoms with van der Waals surface area (Å²) in [5, 5.41) is 4.18. The summed E-state index contributed by atoms with van der Waals surface area (Å²) in [6.45, 7) is 3.72. The monoisotopic (exact) mass is 177 g/mol. The Bertz CT molecular complexity index is 471. The van der Waals surface area contributed by atoms with E-state index in [1.54, 1.807) is 10.7 Å². The van der Waals surface area contributed by atoms with Gasteiger partial charge in [0.15, 0.2) is 5.65 Å². The van der Waals surface area contributed by atoms with Gasteiger partial charge in [-0.05, 0) is 13.8 Å². The molecule has 0 aliphatic rings. The van der Waals surface area contributed by atoms with Gasteiger partial charge < -0.3 is 11.5 Å². The number of nitrogens with zero attached hydrogens (tertiary/aromatic N) is 3. The molecule has 0 atom stereocenters. The highest BCUT2D eigenvalue weighted by Crippen LogP contribution is 2.19. The van der Waals surface area contributed by atoms with Crippen molar-refractivity contribution in [1.82, 2.24) is 14.6 Å². The molecule has 2 rings (SSSR count). The number of nitrogen functional groups attached to an aromatic ring is 2. The molecule has 5 heteroatoms. The van der Waals surface area contributed by atoms with Gasteiger partial charge >= 0.3 is 0 Å². The standard InChI is InChI=1S/C8H11N5/c1-4-3-11-8-6(9)5(2)12-13(8)7(4)10/h3H,9-10H2,1-2H3. The zero-order valence-electron chi connectivity index (χ0n) is 7.57. The first-order chi connectivity index (χ1) is 6.11. The van der Waals surface area contributed by atoms with Crippen LogP contribution in [0.15, 0.2) is 6.20 Å². The molecular formula is C8H11N5. The summed E-state index contributed by atoms with van der Waals surface area (Å²) in [7, 11) is 0. The van der Waals surface area contributed by atoms with Crippen LogP contribution in [-0.4, -0.2) is 14.6 Å². The van der Waals surface area contributed by atoms with Gasteiger partial charge in [-0.25, -0.2) is 4.98 Å². The highest BCUT2D eigenvalue weighted by molar-refractivity contribution is 5.69. The summed E-state index contributed by atoms with van der Waals surface area (Å²) < 4.78 is 1.57. The van der Waals surface area contributed by atoms with Crippen molar-refractivity contribution in [2.75, 3.05) is 11.5 Å². The minimum Gasteiger partial charge on any atom is -0.394 e. The molecule has 13 heavy (non-hydrogen) atoms. The van der Waals surface area contributed by atoms with Crippen molar-refractivity contribution in [3.05, 3.63) is 17.5 Å². The van der Waals surface area contributed by atoms with Gasteiger partial charge in [0.1, 0.15) is 11.5 Å². The van der Waals surface area contributed by atoms with Gasteiger partial charge in [0.2, 0.25) is 0 Å². The summed E-state index contributed by atoms with van der Waals surface area (Å²) in [6, 6.07) is 0. The second kappa shape index (κ2) is 2.35. The van der Waals surface area contributed by atoms with Crippen molar-refractivity contribution in [1.29, 1.82) is 0 Å². The second-order valence-corrected chi connectivity index (χ2v) is 3.06. The number of rotatable bonds is 0. The van der Waals surface area contributed by atoms with E-state index in [4.69, 9.17) is 11.5 Å². The Morgan fingerprint density at radius 2 is 2.00 bits per heavy atom. The zero-order valence-corrected chi connectivity index (χ0v) is 7.57. The van der Waals surface area contributed by atoms with E-state index in [2.05, 4.69) is 10.1 Å². The predicted octanol–water partition coefficient (Wildman–Crippen LogP) is 0.511. The largest absolute Gasteiger partial charge is 0.394 e. The van der Waals surface area contributed by atoms with Gasteiger partial charge in [0.05, 0.1) is 5.69 Å². The Kier molecular flexibility index (Phi) is 1.42. The number of aryl methyl sites for hydroxylation is 2. The molecule has 2 aromatic rings. The highest BCUT2D eigenvalue weighted by atomic mass is 15.3. The molecule has 0 aliphatic heterocycles. The van der Waals surface area contributed by atoms with Crippen LogP contribution in [0.25, 0.3) is 5.65 Å². The normalized spacial score (nSPS) is 10.9. The van der Waals surface area contributed by atoms with Crippen LogP contribution >= 0.6 is 0 Å². The summed E-state index contributed by atoms with van der Waals surface area (Å²) >= 11 is 0. The average Bonchev–Trinajstić information content (AvgIpc) is 2.38. The number of hydrogen-bond donors (Lipinski definition) is 2. The summed E-state index contributed by atoms with van der Waals surface area (Å²) in [4.78, 5) is 4.16. The Labute approximate surface area is 75.4 Å². The molecule has 5 nitrogen and oxygen atoms in total. The van der Waals surface area contributed by atoms with E-state index in [9.17, 15) is 0 Å². The first-order valence-corrected chi connectivity index (χ1v) is 3.97. The molecule has 0 bridgehead atoms. The lowest BCUT2D eigenvalue weighted by Crippen LogP contribution is -2.02. The molecule has 68 valence electrons. The average molecular weight is 177 g/mol. The van der Waals surface area contributed by atoms with Crippen molar-refractivity contribution in [2.24, 2.45) is 0 Å². The fourth-order valence-corrected chi connectivity index (χ4v) is 1.21. The third kappa shape index (κ3) is 0.932. The van der Waals surface area contributed by atoms with E-state index in [0.717, 1.165) is 11.3 Å². The maximum atomic E-state index is 5.81. The fourth-order valence-electron chi connectivity index (χ4n) is 1.21. The number of anilines is 2. The topological polar surface area (TPSA) is 82.2 Å². The highest BCUT2D eigenvalue weighted by Gasteiger charge is 2.09. The molecule has 0 aliphatic carbocycles. The van der Waals surface area contributed by atoms with Crippen LogP contribution in [0.2, 0.25) is 0 Å². The first kappa shape index (κ1) is 7.85. The lowest BCUT2D eigenvalue weighted by molar-refractivity contribution is 0.920. The minimum absolute atomic E-state index is 0.588. The van der Waals surface area contributed by atoms with Crippen molar-refractivity contribution in [2.45, 2.75) is 13.8 Å². The molecule has 2 heterocycles. The van der Waals surface area contributed by atoms with Gasteiger partial charge in [-0.1, -0.05) is 0 Å². The van der Waals surface area contributed by atoms with Gasteiger partial charge in [-0.3, -0.25) is 0 Å². The summed E-state index contributed by atoms with van der Waals surface area (Å²) in [5.74, 6) is 0.588. The van der Waals surface area contributed by atoms with E-state index in [1.807, 2.05) is 13.8 Å². The molecule has 0 saturated heterocycles. The van der Waals surface area contributed by atoms with Crippen molar-refractivity contribution in [3.63, 3.8) is 0 Å². The molecule has 0 radical (unpaired) electrons. The number of hydrogen-bond acceptors (Lipinski definition) is 4. The number of fused-ring (bicyclic) bond motifs is 1. The maximum absolute atomic E-state index is 5.81. The van der Waals surface area contributed by atoms with Crippen LogP contribution in [0.4, 0.5) is 11.5 Å². The lowest BCUT2D eigenvalue weighted by atomic mass is 10.3. The van der Waals surface area contributed by atoms with E-state index < -0.39 is 0 Å². The summed E-state index contributed by atoms with van der Waals surface area (Å²) in [6.07, 6.45) is 1.70. The van der Waals surface area contributed by atoms with Gasteiger partial charge in [0.25, 0.3) is 0 Å².